The van der Waals surface area contributed by atoms with Gasteiger partial charge in [0.1, 0.15) is 10.3 Å². The highest BCUT2D eigenvalue weighted by atomic mass is 79.9. The number of amides is 1. The molecule has 110 valence electrons. The van der Waals surface area contributed by atoms with Crippen LogP contribution in [0.3, 0.4) is 0 Å². The Morgan fingerprint density at radius 2 is 2.10 bits per heavy atom. The average molecular weight is 358 g/mol. The number of hydrogen-bond acceptors (Lipinski definition) is 4. The van der Waals surface area contributed by atoms with Crippen LogP contribution in [0.4, 0.5) is 14.5 Å². The highest BCUT2D eigenvalue weighted by Gasteiger charge is 2.42. The second-order valence-electron chi connectivity index (χ2n) is 3.94. The molecule has 0 aliphatic heterocycles. The van der Waals surface area contributed by atoms with Crippen molar-refractivity contribution in [2.45, 2.75) is 5.92 Å². The Morgan fingerprint density at radius 1 is 1.33 bits per heavy atom. The molecule has 8 heteroatoms. The molecule has 0 saturated heterocycles. The van der Waals surface area contributed by atoms with E-state index in [0.717, 1.165) is 6.07 Å². The number of aromatic nitrogens is 2. The Labute approximate surface area is 127 Å². The molecular formula is C13H10BrF2N3O2. The van der Waals surface area contributed by atoms with Crippen LogP contribution < -0.4 is 10.1 Å². The van der Waals surface area contributed by atoms with Gasteiger partial charge in [0.25, 0.3) is 0 Å². The fourth-order valence-electron chi connectivity index (χ4n) is 1.49. The lowest BCUT2D eigenvalue weighted by atomic mass is 10.2. The Morgan fingerprint density at radius 3 is 2.67 bits per heavy atom. The predicted octanol–water partition coefficient (Wildman–Crippen LogP) is 2.98. The third-order valence-electron chi connectivity index (χ3n) is 2.55. The zero-order valence-electron chi connectivity index (χ0n) is 10.8. The fraction of sp³-hybridized carbons (Fsp3) is 0.154. The summed E-state index contributed by atoms with van der Waals surface area (Å²) in [6, 6.07) is 6.80. The lowest BCUT2D eigenvalue weighted by Gasteiger charge is -2.16. The number of carbonyl (C=O) groups is 1. The smallest absolute Gasteiger partial charge is 0.366 e. The minimum absolute atomic E-state index is 0.108. The summed E-state index contributed by atoms with van der Waals surface area (Å²) in [5.74, 6) is -4.95. The second kappa shape index (κ2) is 6.13. The summed E-state index contributed by atoms with van der Waals surface area (Å²) in [6.07, 6.45) is 1.20. The van der Waals surface area contributed by atoms with Gasteiger partial charge in [-0.2, -0.15) is 8.78 Å². The normalized spacial score (nSPS) is 11.0. The maximum atomic E-state index is 14.0. The summed E-state index contributed by atoms with van der Waals surface area (Å²) in [4.78, 5) is 19.2. The molecule has 0 bridgehead atoms. The van der Waals surface area contributed by atoms with E-state index in [1.807, 2.05) is 0 Å². The molecule has 1 N–H and O–H groups in total. The van der Waals surface area contributed by atoms with Gasteiger partial charge < -0.3 is 10.1 Å². The topological polar surface area (TPSA) is 64.1 Å². The monoisotopic (exact) mass is 357 g/mol. The van der Waals surface area contributed by atoms with Crippen molar-refractivity contribution in [3.05, 3.63) is 46.8 Å². The van der Waals surface area contributed by atoms with Crippen LogP contribution in [0.25, 0.3) is 0 Å². The number of carbonyl (C=O) groups excluding carboxylic acids is 1. The molecule has 0 aliphatic rings. The lowest BCUT2D eigenvalue weighted by molar-refractivity contribution is -0.141. The minimum Gasteiger partial charge on any atom is -0.481 e. The first-order valence-electron chi connectivity index (χ1n) is 5.76. The van der Waals surface area contributed by atoms with Crippen molar-refractivity contribution >= 4 is 27.5 Å². The molecule has 0 aromatic carbocycles. The highest BCUT2D eigenvalue weighted by molar-refractivity contribution is 9.10. The summed E-state index contributed by atoms with van der Waals surface area (Å²) in [5.41, 5.74) is -0.517. The summed E-state index contributed by atoms with van der Waals surface area (Å²) in [5, 5.41) is 2.11. The number of alkyl halides is 2. The summed E-state index contributed by atoms with van der Waals surface area (Å²) < 4.78 is 33.0. The van der Waals surface area contributed by atoms with Gasteiger partial charge in [-0.3, -0.25) is 9.78 Å². The zero-order valence-corrected chi connectivity index (χ0v) is 12.4. The van der Waals surface area contributed by atoms with Crippen LogP contribution in [0.5, 0.6) is 5.88 Å². The number of anilines is 1. The van der Waals surface area contributed by atoms with E-state index < -0.39 is 17.5 Å². The lowest BCUT2D eigenvalue weighted by Crippen LogP contribution is -2.33. The van der Waals surface area contributed by atoms with Gasteiger partial charge in [0.2, 0.25) is 5.88 Å². The number of methoxy groups -OCH3 is 1. The van der Waals surface area contributed by atoms with Gasteiger partial charge in [0.05, 0.1) is 12.8 Å². The first-order chi connectivity index (χ1) is 9.95. The Balaban J connectivity index is 2.21. The second-order valence-corrected chi connectivity index (χ2v) is 4.69. The Hall–Kier alpha value is -2.09. The van der Waals surface area contributed by atoms with Crippen LogP contribution in [0.2, 0.25) is 0 Å². The van der Waals surface area contributed by atoms with Crippen LogP contribution in [0.15, 0.2) is 41.1 Å². The molecule has 5 nitrogen and oxygen atoms in total. The number of pyridine rings is 2. The number of rotatable bonds is 4. The number of nitrogens with one attached hydrogen (secondary N) is 1. The average Bonchev–Trinajstić information content (AvgIpc) is 2.50. The van der Waals surface area contributed by atoms with Crippen molar-refractivity contribution < 1.29 is 18.3 Å². The summed E-state index contributed by atoms with van der Waals surface area (Å²) >= 11 is 3.07. The van der Waals surface area contributed by atoms with E-state index in [-0.39, 0.29) is 16.2 Å². The highest BCUT2D eigenvalue weighted by Crippen LogP contribution is 2.30. The predicted molar refractivity (Wildman–Crippen MR) is 75.2 cm³/mol. The largest absolute Gasteiger partial charge is 0.481 e. The van der Waals surface area contributed by atoms with Crippen molar-refractivity contribution in [3.8, 4) is 5.88 Å². The molecule has 1 amide bonds. The quantitative estimate of drug-likeness (QED) is 0.854. The molecule has 2 heterocycles. The van der Waals surface area contributed by atoms with Gasteiger partial charge >= 0.3 is 11.8 Å². The van der Waals surface area contributed by atoms with Crippen molar-refractivity contribution in [1.29, 1.82) is 0 Å². The van der Waals surface area contributed by atoms with Gasteiger partial charge in [-0.15, -0.1) is 0 Å². The van der Waals surface area contributed by atoms with Gasteiger partial charge in [-0.1, -0.05) is 6.07 Å². The van der Waals surface area contributed by atoms with Crippen LogP contribution in [-0.2, 0) is 10.7 Å². The Bertz CT molecular complexity index is 653. The number of hydrogen-bond donors (Lipinski definition) is 1. The summed E-state index contributed by atoms with van der Waals surface area (Å²) in [7, 11) is 1.42. The van der Waals surface area contributed by atoms with E-state index >= 15 is 0 Å². The van der Waals surface area contributed by atoms with Crippen molar-refractivity contribution in [1.82, 2.24) is 9.97 Å². The van der Waals surface area contributed by atoms with Crippen molar-refractivity contribution in [2.75, 3.05) is 12.4 Å². The molecule has 0 spiro atoms. The van der Waals surface area contributed by atoms with Crippen molar-refractivity contribution in [3.63, 3.8) is 0 Å². The maximum Gasteiger partial charge on any atom is 0.366 e. The molecule has 0 saturated carbocycles. The SMILES string of the molecule is COc1ccc(NC(=O)C(F)(F)c2ccccn2)c(Br)n1. The van der Waals surface area contributed by atoms with E-state index in [4.69, 9.17) is 4.74 Å². The van der Waals surface area contributed by atoms with Gasteiger partial charge in [0.15, 0.2) is 0 Å². The van der Waals surface area contributed by atoms with Crippen LogP contribution >= 0.6 is 15.9 Å². The molecule has 2 aromatic rings. The third kappa shape index (κ3) is 3.33. The molecule has 0 radical (unpaired) electrons. The zero-order chi connectivity index (χ0) is 15.5. The van der Waals surface area contributed by atoms with E-state index in [2.05, 4.69) is 31.2 Å². The Kier molecular flexibility index (Phi) is 4.46. The molecule has 0 atom stereocenters. The van der Waals surface area contributed by atoms with Gasteiger partial charge in [-0.25, -0.2) is 4.98 Å². The minimum atomic E-state index is -3.75. The summed E-state index contributed by atoms with van der Waals surface area (Å²) in [6.45, 7) is 0. The standard InChI is InChI=1S/C13H10BrF2N3O2/c1-21-10-6-5-8(11(14)19-10)18-12(20)13(15,16)9-4-2-3-7-17-9/h2-7H,1H3,(H,18,20). The van der Waals surface area contributed by atoms with E-state index in [0.29, 0.717) is 0 Å². The van der Waals surface area contributed by atoms with Crippen LogP contribution in [0, 0.1) is 0 Å². The first kappa shape index (κ1) is 15.3. The van der Waals surface area contributed by atoms with E-state index in [9.17, 15) is 13.6 Å². The number of halogens is 3. The molecule has 0 aliphatic carbocycles. The van der Waals surface area contributed by atoms with E-state index in [1.165, 1.54) is 37.6 Å². The number of ether oxygens (including phenoxy) is 1. The van der Waals surface area contributed by atoms with Gasteiger partial charge in [-0.05, 0) is 34.1 Å². The van der Waals surface area contributed by atoms with Gasteiger partial charge in [0, 0.05) is 12.3 Å². The number of nitrogens with zero attached hydrogens (tertiary/aromatic N) is 2. The molecule has 2 rings (SSSR count). The molecular weight excluding hydrogens is 348 g/mol. The maximum absolute atomic E-state index is 14.0. The van der Waals surface area contributed by atoms with Crippen molar-refractivity contribution in [2.24, 2.45) is 0 Å². The molecule has 0 unspecified atom stereocenters. The fourth-order valence-corrected chi connectivity index (χ4v) is 1.90. The molecule has 21 heavy (non-hydrogen) atoms. The third-order valence-corrected chi connectivity index (χ3v) is 3.16. The van der Waals surface area contributed by atoms with E-state index in [1.54, 1.807) is 0 Å². The molecule has 0 fully saturated rings. The van der Waals surface area contributed by atoms with Crippen LogP contribution in [0.1, 0.15) is 5.69 Å². The first-order valence-corrected chi connectivity index (χ1v) is 6.55. The molecule has 2 aromatic heterocycles. The van der Waals surface area contributed by atoms with Crippen LogP contribution in [-0.4, -0.2) is 23.0 Å².